The van der Waals surface area contributed by atoms with Gasteiger partial charge in [-0.15, -0.1) is 0 Å². The minimum absolute atomic E-state index is 0.0578. The molecule has 0 aliphatic carbocycles. The van der Waals surface area contributed by atoms with Gasteiger partial charge in [0.05, 0.1) is 12.0 Å². The van der Waals surface area contributed by atoms with Gasteiger partial charge in [-0.25, -0.2) is 0 Å². The molecule has 1 fully saturated rings. The number of nitrogens with one attached hydrogen (secondary N) is 2. The number of fused-ring (bicyclic) bond motifs is 1. The molecule has 0 bridgehead atoms. The van der Waals surface area contributed by atoms with Gasteiger partial charge in [0, 0.05) is 25.2 Å². The van der Waals surface area contributed by atoms with Gasteiger partial charge in [0.25, 0.3) is 5.56 Å². The Balaban J connectivity index is 2.12. The molecule has 1 amide bonds. The maximum absolute atomic E-state index is 12.3. The van der Waals surface area contributed by atoms with Crippen molar-refractivity contribution in [3.63, 3.8) is 0 Å². The van der Waals surface area contributed by atoms with Crippen LogP contribution in [0.2, 0.25) is 0 Å². The lowest BCUT2D eigenvalue weighted by atomic mass is 10.1. The number of H-pyrrole nitrogens is 1. The smallest absolute Gasteiger partial charge is 0.262 e. The summed E-state index contributed by atoms with van der Waals surface area (Å²) in [5, 5.41) is 32.1. The predicted molar refractivity (Wildman–Crippen MR) is 85.3 cm³/mol. The summed E-state index contributed by atoms with van der Waals surface area (Å²) >= 11 is 0. The van der Waals surface area contributed by atoms with E-state index in [4.69, 9.17) is 10.5 Å². The highest BCUT2D eigenvalue weighted by Crippen LogP contribution is 2.32. The Bertz CT molecular complexity index is 861. The van der Waals surface area contributed by atoms with Crippen LogP contribution in [0, 0.1) is 0 Å². The first-order valence-corrected chi connectivity index (χ1v) is 7.59. The van der Waals surface area contributed by atoms with Crippen molar-refractivity contribution in [3.05, 3.63) is 22.1 Å². The molecule has 4 atom stereocenters. The number of aliphatic hydroxyl groups excluding tert-OH is 3. The van der Waals surface area contributed by atoms with E-state index in [9.17, 15) is 24.9 Å². The molecule has 11 heteroatoms. The number of carbonyl (C=O) groups is 1. The Hall–Kier alpha value is -2.47. The third-order valence-electron chi connectivity index (χ3n) is 4.10. The number of carbonyl (C=O) groups excluding carboxylic acids is 1. The second-order valence-corrected chi connectivity index (χ2v) is 5.85. The Morgan fingerprint density at radius 3 is 2.80 bits per heavy atom. The average Bonchev–Trinajstić information content (AvgIpc) is 3.04. The molecule has 1 unspecified atom stereocenters. The van der Waals surface area contributed by atoms with Crippen LogP contribution in [0.3, 0.4) is 0 Å². The van der Waals surface area contributed by atoms with Crippen molar-refractivity contribution in [2.75, 3.05) is 12.3 Å². The van der Waals surface area contributed by atoms with Gasteiger partial charge < -0.3 is 35.7 Å². The highest BCUT2D eigenvalue weighted by Gasteiger charge is 2.44. The largest absolute Gasteiger partial charge is 0.394 e. The van der Waals surface area contributed by atoms with E-state index in [0.29, 0.717) is 5.56 Å². The number of nitrogens with zero attached hydrogens (tertiary/aromatic N) is 2. The zero-order valence-electron chi connectivity index (χ0n) is 13.3. The fourth-order valence-electron chi connectivity index (χ4n) is 2.91. The van der Waals surface area contributed by atoms with Crippen LogP contribution in [0.15, 0.2) is 11.0 Å². The number of aromatic amines is 1. The quantitative estimate of drug-likeness (QED) is 0.351. The SMILES string of the molecule is CC(=O)NCc1cn([C@@H]2O[C@H](CO)C(O)[C@@H]2O)c2nc(N)[nH]c(=O)c12. The van der Waals surface area contributed by atoms with Gasteiger partial charge in [-0.3, -0.25) is 14.6 Å². The monoisotopic (exact) mass is 353 g/mol. The normalized spacial score (nSPS) is 26.2. The second-order valence-electron chi connectivity index (χ2n) is 5.85. The Labute approximate surface area is 141 Å². The molecular weight excluding hydrogens is 334 g/mol. The van der Waals surface area contributed by atoms with Crippen molar-refractivity contribution < 1.29 is 24.9 Å². The average molecular weight is 353 g/mol. The maximum atomic E-state index is 12.3. The molecule has 3 rings (SSSR count). The first-order chi connectivity index (χ1) is 11.8. The summed E-state index contributed by atoms with van der Waals surface area (Å²) in [5.74, 6) is -0.414. The van der Waals surface area contributed by atoms with Crippen LogP contribution in [0.1, 0.15) is 18.7 Å². The van der Waals surface area contributed by atoms with E-state index in [2.05, 4.69) is 15.3 Å². The molecule has 1 aliphatic rings. The van der Waals surface area contributed by atoms with Crippen molar-refractivity contribution in [3.8, 4) is 0 Å². The van der Waals surface area contributed by atoms with Gasteiger partial charge in [-0.1, -0.05) is 0 Å². The number of nitrogen functional groups attached to an aromatic ring is 1. The molecule has 3 heterocycles. The van der Waals surface area contributed by atoms with Crippen LogP contribution in [0.5, 0.6) is 0 Å². The molecule has 0 aromatic carbocycles. The second kappa shape index (κ2) is 6.44. The first kappa shape index (κ1) is 17.4. The fraction of sp³-hybridized carbons (Fsp3) is 0.500. The minimum atomic E-state index is -1.34. The highest BCUT2D eigenvalue weighted by molar-refractivity contribution is 5.81. The van der Waals surface area contributed by atoms with Crippen LogP contribution in [0.4, 0.5) is 5.95 Å². The van der Waals surface area contributed by atoms with Crippen molar-refractivity contribution in [1.29, 1.82) is 0 Å². The van der Waals surface area contributed by atoms with E-state index < -0.39 is 36.7 Å². The lowest BCUT2D eigenvalue weighted by Crippen LogP contribution is -2.33. The van der Waals surface area contributed by atoms with Crippen LogP contribution in [0.25, 0.3) is 11.0 Å². The number of hydrogen-bond acceptors (Lipinski definition) is 8. The molecule has 0 spiro atoms. The van der Waals surface area contributed by atoms with Crippen molar-refractivity contribution in [2.45, 2.75) is 38.0 Å². The highest BCUT2D eigenvalue weighted by atomic mass is 16.6. The third-order valence-corrected chi connectivity index (χ3v) is 4.10. The van der Waals surface area contributed by atoms with Crippen LogP contribution in [-0.4, -0.2) is 60.7 Å². The molecule has 25 heavy (non-hydrogen) atoms. The Kier molecular flexibility index (Phi) is 4.47. The first-order valence-electron chi connectivity index (χ1n) is 7.59. The Morgan fingerprint density at radius 1 is 1.48 bits per heavy atom. The van der Waals surface area contributed by atoms with Gasteiger partial charge in [-0.05, 0) is 0 Å². The summed E-state index contributed by atoms with van der Waals surface area (Å²) in [5.41, 5.74) is 5.67. The summed E-state index contributed by atoms with van der Waals surface area (Å²) in [4.78, 5) is 29.9. The van der Waals surface area contributed by atoms with Crippen LogP contribution in [-0.2, 0) is 16.1 Å². The van der Waals surface area contributed by atoms with Gasteiger partial charge in [0.1, 0.15) is 18.3 Å². The van der Waals surface area contributed by atoms with Gasteiger partial charge in [-0.2, -0.15) is 4.98 Å². The summed E-state index contributed by atoms with van der Waals surface area (Å²) in [6, 6.07) is 0. The number of aromatic nitrogens is 3. The summed E-state index contributed by atoms with van der Waals surface area (Å²) in [6.45, 7) is 0.914. The van der Waals surface area contributed by atoms with Crippen molar-refractivity contribution in [1.82, 2.24) is 19.9 Å². The zero-order valence-corrected chi connectivity index (χ0v) is 13.3. The predicted octanol–water partition coefficient (Wildman–Crippen LogP) is -2.45. The van der Waals surface area contributed by atoms with Crippen LogP contribution < -0.4 is 16.6 Å². The fourth-order valence-corrected chi connectivity index (χ4v) is 2.91. The van der Waals surface area contributed by atoms with E-state index in [0.717, 1.165) is 0 Å². The lowest BCUT2D eigenvalue weighted by Gasteiger charge is -2.17. The number of nitrogens with two attached hydrogens (primary N) is 1. The topological polar surface area (TPSA) is 176 Å². The lowest BCUT2D eigenvalue weighted by molar-refractivity contribution is -0.119. The molecule has 1 aliphatic heterocycles. The van der Waals surface area contributed by atoms with E-state index in [-0.39, 0.29) is 29.4 Å². The molecule has 0 saturated carbocycles. The molecule has 11 nitrogen and oxygen atoms in total. The van der Waals surface area contributed by atoms with E-state index in [1.54, 1.807) is 0 Å². The standard InChI is InChI=1S/C14H19N5O6/c1-5(21)16-2-6-3-19(11-8(6)12(24)18-14(15)17-11)13-10(23)9(22)7(4-20)25-13/h3,7,9-10,13,20,22-23H,2,4H2,1H3,(H,16,21)(H3,15,17,18,24)/t7-,9?,10+,13-/m1/s1. The number of rotatable bonds is 4. The summed E-state index contributed by atoms with van der Waals surface area (Å²) in [7, 11) is 0. The number of anilines is 1. The van der Waals surface area contributed by atoms with Crippen molar-refractivity contribution >= 4 is 22.9 Å². The van der Waals surface area contributed by atoms with Crippen LogP contribution >= 0.6 is 0 Å². The van der Waals surface area contributed by atoms with E-state index in [1.807, 2.05) is 0 Å². The third kappa shape index (κ3) is 2.98. The molecule has 2 aromatic heterocycles. The molecule has 2 aromatic rings. The molecule has 136 valence electrons. The van der Waals surface area contributed by atoms with E-state index >= 15 is 0 Å². The molecular formula is C14H19N5O6. The summed E-state index contributed by atoms with van der Waals surface area (Å²) in [6.07, 6.45) is -3.21. The zero-order chi connectivity index (χ0) is 18.3. The number of aliphatic hydroxyl groups is 3. The van der Waals surface area contributed by atoms with Crippen molar-refractivity contribution in [2.24, 2.45) is 0 Å². The van der Waals surface area contributed by atoms with Gasteiger partial charge in [0.2, 0.25) is 11.9 Å². The number of hydrogen-bond donors (Lipinski definition) is 6. The van der Waals surface area contributed by atoms with Gasteiger partial charge in [0.15, 0.2) is 11.9 Å². The summed E-state index contributed by atoms with van der Waals surface area (Å²) < 4.78 is 6.84. The van der Waals surface area contributed by atoms with E-state index in [1.165, 1.54) is 17.7 Å². The molecule has 7 N–H and O–H groups in total. The number of ether oxygens (including phenoxy) is 1. The number of amides is 1. The Morgan fingerprint density at radius 2 is 2.20 bits per heavy atom. The molecule has 0 radical (unpaired) electrons. The minimum Gasteiger partial charge on any atom is -0.394 e. The van der Waals surface area contributed by atoms with Gasteiger partial charge >= 0.3 is 0 Å². The molecule has 1 saturated heterocycles. The maximum Gasteiger partial charge on any atom is 0.262 e.